The zero-order valence-corrected chi connectivity index (χ0v) is 14.9. The predicted molar refractivity (Wildman–Crippen MR) is 87.2 cm³/mol. The largest absolute Gasteiger partial charge is 0.385 e. The second-order valence-electron chi connectivity index (χ2n) is 5.90. The fourth-order valence-corrected chi connectivity index (χ4v) is 3.83. The molecule has 1 heterocycles. The van der Waals surface area contributed by atoms with Crippen molar-refractivity contribution in [3.8, 4) is 0 Å². The lowest BCUT2D eigenvalue weighted by molar-refractivity contribution is -0.135. The fourth-order valence-electron chi connectivity index (χ4n) is 2.95. The van der Waals surface area contributed by atoms with Gasteiger partial charge in [-0.2, -0.15) is 0 Å². The first-order valence-electron chi connectivity index (χ1n) is 8.13. The average molecular weight is 334 g/mol. The van der Waals surface area contributed by atoms with Crippen LogP contribution in [0.2, 0.25) is 0 Å². The van der Waals surface area contributed by atoms with Crippen molar-refractivity contribution in [1.29, 1.82) is 0 Å². The molecule has 1 rings (SSSR count). The lowest BCUT2D eigenvalue weighted by atomic mass is 9.99. The molecule has 0 spiro atoms. The number of rotatable bonds is 9. The number of carbonyl (C=O) groups is 1. The summed E-state index contributed by atoms with van der Waals surface area (Å²) in [7, 11) is -1.69. The quantitative estimate of drug-likeness (QED) is 0.599. The van der Waals surface area contributed by atoms with E-state index in [1.54, 1.807) is 7.11 Å². The van der Waals surface area contributed by atoms with Crippen LogP contribution < -0.4 is 0 Å². The molecule has 130 valence electrons. The van der Waals surface area contributed by atoms with Gasteiger partial charge in [0.15, 0.2) is 0 Å². The maximum absolute atomic E-state index is 12.4. The summed E-state index contributed by atoms with van der Waals surface area (Å²) in [5.74, 6) is 0.0759. The molecular formula is C15H30N2O4S. The number of carbonyl (C=O) groups excluding carboxylic acids is 1. The SMILES string of the molecule is CCC1CCCCN1C(=O)CCN(CCCOC)S(C)(=O)=O. The third kappa shape index (κ3) is 6.22. The van der Waals surface area contributed by atoms with Crippen LogP contribution in [-0.4, -0.2) is 69.2 Å². The lowest BCUT2D eigenvalue weighted by Gasteiger charge is -2.35. The summed E-state index contributed by atoms with van der Waals surface area (Å²) in [6, 6.07) is 0.321. The van der Waals surface area contributed by atoms with Crippen molar-refractivity contribution in [1.82, 2.24) is 9.21 Å². The van der Waals surface area contributed by atoms with E-state index in [1.165, 1.54) is 17.0 Å². The summed E-state index contributed by atoms with van der Waals surface area (Å²) in [6.07, 6.45) is 6.34. The van der Waals surface area contributed by atoms with E-state index in [-0.39, 0.29) is 18.9 Å². The minimum Gasteiger partial charge on any atom is -0.385 e. The van der Waals surface area contributed by atoms with Gasteiger partial charge in [-0.15, -0.1) is 0 Å². The zero-order valence-electron chi connectivity index (χ0n) is 14.1. The topological polar surface area (TPSA) is 66.9 Å². The molecule has 0 N–H and O–H groups in total. The molecule has 6 nitrogen and oxygen atoms in total. The van der Waals surface area contributed by atoms with Gasteiger partial charge in [0.2, 0.25) is 15.9 Å². The maximum atomic E-state index is 12.4. The minimum atomic E-state index is -3.28. The van der Waals surface area contributed by atoms with E-state index in [4.69, 9.17) is 4.74 Å². The molecule has 0 saturated carbocycles. The average Bonchev–Trinajstić information content (AvgIpc) is 2.49. The van der Waals surface area contributed by atoms with E-state index in [2.05, 4.69) is 6.92 Å². The summed E-state index contributed by atoms with van der Waals surface area (Å²) >= 11 is 0. The number of amides is 1. The van der Waals surface area contributed by atoms with Gasteiger partial charge in [0.25, 0.3) is 0 Å². The van der Waals surface area contributed by atoms with Gasteiger partial charge in [0.1, 0.15) is 0 Å². The first kappa shape index (κ1) is 19.4. The van der Waals surface area contributed by atoms with Crippen LogP contribution in [0.3, 0.4) is 0 Å². The summed E-state index contributed by atoms with van der Waals surface area (Å²) in [4.78, 5) is 14.4. The molecular weight excluding hydrogens is 304 g/mol. The van der Waals surface area contributed by atoms with Gasteiger partial charge in [0.05, 0.1) is 6.26 Å². The highest BCUT2D eigenvalue weighted by Gasteiger charge is 2.26. The van der Waals surface area contributed by atoms with Crippen LogP contribution in [0, 0.1) is 0 Å². The standard InChI is InChI=1S/C15H30N2O4S/c1-4-14-8-5-6-11-17(14)15(18)9-12-16(22(3,19)20)10-7-13-21-2/h14H,4-13H2,1-3H3. The second-order valence-corrected chi connectivity index (χ2v) is 7.89. The molecule has 22 heavy (non-hydrogen) atoms. The van der Waals surface area contributed by atoms with Crippen molar-refractivity contribution in [2.45, 2.75) is 51.5 Å². The van der Waals surface area contributed by atoms with Crippen molar-refractivity contribution >= 4 is 15.9 Å². The molecule has 1 aliphatic heterocycles. The van der Waals surface area contributed by atoms with Gasteiger partial charge >= 0.3 is 0 Å². The van der Waals surface area contributed by atoms with Crippen LogP contribution in [0.15, 0.2) is 0 Å². The molecule has 0 aromatic heterocycles. The normalized spacial score (nSPS) is 19.6. The number of hydrogen-bond donors (Lipinski definition) is 0. The van der Waals surface area contributed by atoms with Crippen molar-refractivity contribution in [3.05, 3.63) is 0 Å². The van der Waals surface area contributed by atoms with E-state index in [1.807, 2.05) is 4.90 Å². The third-order valence-corrected chi connectivity index (χ3v) is 5.52. The zero-order chi connectivity index (χ0) is 16.6. The van der Waals surface area contributed by atoms with Crippen LogP contribution in [-0.2, 0) is 19.6 Å². The predicted octanol–water partition coefficient (Wildman–Crippen LogP) is 1.47. The Kier molecular flexibility index (Phi) is 8.35. The summed E-state index contributed by atoms with van der Waals surface area (Å²) in [5, 5.41) is 0. The molecule has 1 fully saturated rings. The van der Waals surface area contributed by atoms with E-state index in [0.717, 1.165) is 25.8 Å². The van der Waals surface area contributed by atoms with Gasteiger partial charge in [-0.3, -0.25) is 4.79 Å². The van der Waals surface area contributed by atoms with E-state index in [9.17, 15) is 13.2 Å². The third-order valence-electron chi connectivity index (χ3n) is 4.22. The van der Waals surface area contributed by atoms with Gasteiger partial charge in [-0.05, 0) is 32.1 Å². The summed E-state index contributed by atoms with van der Waals surface area (Å²) in [6.45, 7) is 4.08. The summed E-state index contributed by atoms with van der Waals surface area (Å²) in [5.41, 5.74) is 0. The highest BCUT2D eigenvalue weighted by atomic mass is 32.2. The van der Waals surface area contributed by atoms with Crippen molar-refractivity contribution in [3.63, 3.8) is 0 Å². The number of ether oxygens (including phenoxy) is 1. The first-order chi connectivity index (χ1) is 10.4. The van der Waals surface area contributed by atoms with Crippen LogP contribution >= 0.6 is 0 Å². The molecule has 1 unspecified atom stereocenters. The Morgan fingerprint density at radius 3 is 2.64 bits per heavy atom. The highest BCUT2D eigenvalue weighted by molar-refractivity contribution is 7.88. The lowest BCUT2D eigenvalue weighted by Crippen LogP contribution is -2.45. The fraction of sp³-hybridized carbons (Fsp3) is 0.933. The number of methoxy groups -OCH3 is 1. The summed E-state index contributed by atoms with van der Waals surface area (Å²) < 4.78 is 29.9. The Labute approximate surface area is 134 Å². The number of sulfonamides is 1. The number of piperidine rings is 1. The van der Waals surface area contributed by atoms with Crippen LogP contribution in [0.25, 0.3) is 0 Å². The van der Waals surface area contributed by atoms with E-state index >= 15 is 0 Å². The molecule has 0 radical (unpaired) electrons. The Balaban J connectivity index is 2.54. The van der Waals surface area contributed by atoms with Gasteiger partial charge in [-0.1, -0.05) is 6.92 Å². The molecule has 0 bridgehead atoms. The molecule has 0 aliphatic carbocycles. The molecule has 1 aliphatic rings. The van der Waals surface area contributed by atoms with E-state index < -0.39 is 10.0 Å². The van der Waals surface area contributed by atoms with Gasteiger partial charge in [0, 0.05) is 45.8 Å². The monoisotopic (exact) mass is 334 g/mol. The molecule has 0 aromatic rings. The Bertz CT molecular complexity index is 439. The first-order valence-corrected chi connectivity index (χ1v) is 9.98. The van der Waals surface area contributed by atoms with Crippen LogP contribution in [0.5, 0.6) is 0 Å². The maximum Gasteiger partial charge on any atom is 0.224 e. The minimum absolute atomic E-state index is 0.0759. The van der Waals surface area contributed by atoms with Gasteiger partial charge < -0.3 is 9.64 Å². The Morgan fingerprint density at radius 2 is 2.05 bits per heavy atom. The van der Waals surface area contributed by atoms with Gasteiger partial charge in [-0.25, -0.2) is 12.7 Å². The van der Waals surface area contributed by atoms with Crippen LogP contribution in [0.4, 0.5) is 0 Å². The molecule has 0 aromatic carbocycles. The molecule has 7 heteroatoms. The van der Waals surface area contributed by atoms with E-state index in [0.29, 0.717) is 25.6 Å². The second kappa shape index (κ2) is 9.47. The van der Waals surface area contributed by atoms with Crippen molar-refractivity contribution in [2.75, 3.05) is 39.6 Å². The Hall–Kier alpha value is -0.660. The van der Waals surface area contributed by atoms with Crippen molar-refractivity contribution < 1.29 is 17.9 Å². The molecule has 1 amide bonds. The molecule has 1 saturated heterocycles. The van der Waals surface area contributed by atoms with Crippen molar-refractivity contribution in [2.24, 2.45) is 0 Å². The molecule has 1 atom stereocenters. The highest BCUT2D eigenvalue weighted by Crippen LogP contribution is 2.20. The van der Waals surface area contributed by atoms with Crippen LogP contribution in [0.1, 0.15) is 45.4 Å². The smallest absolute Gasteiger partial charge is 0.224 e. The Morgan fingerprint density at radius 1 is 1.32 bits per heavy atom. The number of hydrogen-bond acceptors (Lipinski definition) is 4. The number of nitrogens with zero attached hydrogens (tertiary/aromatic N) is 2. The number of likely N-dealkylation sites (tertiary alicyclic amines) is 1.